The molecule has 3 heteroatoms. The van der Waals surface area contributed by atoms with Crippen molar-refractivity contribution in [2.45, 2.75) is 71.8 Å². The lowest BCUT2D eigenvalue weighted by Gasteiger charge is -2.26. The number of fused-ring (bicyclic) bond motifs is 1. The Hall–Kier alpha value is -1.48. The zero-order chi connectivity index (χ0) is 18.9. The van der Waals surface area contributed by atoms with E-state index < -0.39 is 0 Å². The zero-order valence-corrected chi connectivity index (χ0v) is 17.5. The predicted octanol–water partition coefficient (Wildman–Crippen LogP) is 6.11. The highest BCUT2D eigenvalue weighted by molar-refractivity contribution is 5.81. The second kappa shape index (κ2) is 10.8. The molecule has 27 heavy (non-hydrogen) atoms. The lowest BCUT2D eigenvalue weighted by molar-refractivity contribution is 0.205. The van der Waals surface area contributed by atoms with Crippen molar-refractivity contribution in [3.63, 3.8) is 0 Å². The first kappa shape index (κ1) is 20.3. The van der Waals surface area contributed by atoms with E-state index >= 15 is 0 Å². The van der Waals surface area contributed by atoms with Crippen molar-refractivity contribution in [2.24, 2.45) is 5.92 Å². The summed E-state index contributed by atoms with van der Waals surface area (Å²) in [6, 6.07) is 8.84. The lowest BCUT2D eigenvalue weighted by atomic mass is 9.98. The van der Waals surface area contributed by atoms with E-state index in [0.717, 1.165) is 31.2 Å². The number of ether oxygens (including phenoxy) is 1. The second-order valence-corrected chi connectivity index (χ2v) is 8.24. The molecule has 3 rings (SSSR count). The number of likely N-dealkylation sites (tertiary alicyclic amines) is 1. The van der Waals surface area contributed by atoms with Crippen LogP contribution in [0.25, 0.3) is 10.9 Å². The molecule has 1 aromatic heterocycles. The summed E-state index contributed by atoms with van der Waals surface area (Å²) in [7, 11) is 0. The topological polar surface area (TPSA) is 17.4 Å². The lowest BCUT2D eigenvalue weighted by Crippen LogP contribution is -2.31. The van der Waals surface area contributed by atoms with Crippen LogP contribution in [0.15, 0.2) is 30.5 Å². The molecule has 1 saturated heterocycles. The van der Waals surface area contributed by atoms with E-state index in [9.17, 15) is 0 Å². The number of hydrogen-bond donors (Lipinski definition) is 0. The van der Waals surface area contributed by atoms with E-state index in [-0.39, 0.29) is 0 Å². The molecule has 0 saturated carbocycles. The Labute approximate surface area is 165 Å². The molecule has 0 spiro atoms. The summed E-state index contributed by atoms with van der Waals surface area (Å²) in [6.45, 7) is 10.3. The minimum Gasteiger partial charge on any atom is -0.494 e. The number of rotatable bonds is 11. The largest absolute Gasteiger partial charge is 0.494 e. The van der Waals surface area contributed by atoms with Crippen LogP contribution in [-0.2, 0) is 6.54 Å². The molecule has 3 nitrogen and oxygen atoms in total. The van der Waals surface area contributed by atoms with Crippen molar-refractivity contribution in [2.75, 3.05) is 26.2 Å². The van der Waals surface area contributed by atoms with Crippen LogP contribution in [-0.4, -0.2) is 35.7 Å². The van der Waals surface area contributed by atoms with Crippen LogP contribution in [0.3, 0.4) is 0 Å². The van der Waals surface area contributed by atoms with Crippen LogP contribution < -0.4 is 4.74 Å². The minimum atomic E-state index is 0.793. The summed E-state index contributed by atoms with van der Waals surface area (Å²) in [5.74, 6) is 1.80. The minimum absolute atomic E-state index is 0.793. The fourth-order valence-corrected chi connectivity index (χ4v) is 4.51. The average molecular weight is 371 g/mol. The number of nitrogens with zero attached hydrogens (tertiary/aromatic N) is 2. The van der Waals surface area contributed by atoms with Gasteiger partial charge in [-0.25, -0.2) is 0 Å². The summed E-state index contributed by atoms with van der Waals surface area (Å²) in [4.78, 5) is 2.58. The molecule has 0 bridgehead atoms. The van der Waals surface area contributed by atoms with E-state index in [1.165, 1.54) is 75.5 Å². The van der Waals surface area contributed by atoms with Crippen LogP contribution in [0.5, 0.6) is 5.75 Å². The molecule has 0 amide bonds. The van der Waals surface area contributed by atoms with Crippen molar-refractivity contribution in [1.29, 1.82) is 0 Å². The van der Waals surface area contributed by atoms with E-state index in [1.54, 1.807) is 0 Å². The van der Waals surface area contributed by atoms with Crippen LogP contribution >= 0.6 is 0 Å². The molecule has 1 aliphatic rings. The first-order valence-electron chi connectivity index (χ1n) is 11.2. The van der Waals surface area contributed by atoms with Crippen LogP contribution in [0.4, 0.5) is 0 Å². The van der Waals surface area contributed by atoms with Gasteiger partial charge in [-0.1, -0.05) is 33.1 Å². The van der Waals surface area contributed by atoms with Crippen molar-refractivity contribution in [3.05, 3.63) is 30.5 Å². The molecule has 0 atom stereocenters. The smallest absolute Gasteiger partial charge is 0.120 e. The van der Waals surface area contributed by atoms with Gasteiger partial charge in [-0.05, 0) is 75.4 Å². The molecule has 0 radical (unpaired) electrons. The van der Waals surface area contributed by atoms with Gasteiger partial charge in [-0.2, -0.15) is 0 Å². The fourth-order valence-electron chi connectivity index (χ4n) is 4.51. The van der Waals surface area contributed by atoms with E-state index in [1.807, 2.05) is 0 Å². The Morgan fingerprint density at radius 2 is 1.78 bits per heavy atom. The van der Waals surface area contributed by atoms with E-state index in [0.29, 0.717) is 0 Å². The Kier molecular flexibility index (Phi) is 8.07. The zero-order valence-electron chi connectivity index (χ0n) is 17.5. The van der Waals surface area contributed by atoms with E-state index in [2.05, 4.69) is 53.8 Å². The number of aromatic nitrogens is 1. The summed E-state index contributed by atoms with van der Waals surface area (Å²) in [6.07, 6.45) is 12.7. The van der Waals surface area contributed by atoms with Gasteiger partial charge in [0.1, 0.15) is 5.75 Å². The summed E-state index contributed by atoms with van der Waals surface area (Å²) in [5.41, 5.74) is 1.34. The molecule has 2 aromatic rings. The van der Waals surface area contributed by atoms with Gasteiger partial charge in [-0.3, -0.25) is 0 Å². The molecular weight excluding hydrogens is 332 g/mol. The second-order valence-electron chi connectivity index (χ2n) is 8.24. The Morgan fingerprint density at radius 3 is 2.52 bits per heavy atom. The van der Waals surface area contributed by atoms with Crippen LogP contribution in [0.1, 0.15) is 65.2 Å². The van der Waals surface area contributed by atoms with Crippen molar-refractivity contribution < 1.29 is 4.74 Å². The standard InChI is InChI=1S/C24H38N2O/c1-3-9-21(10-4-2)20-26-17-13-22-19-23(11-12-24(22)26)27-18-8-16-25-14-6-5-7-15-25/h11-13,17,19,21H,3-10,14-16,18,20H2,1-2H3. The van der Waals surface area contributed by atoms with Crippen molar-refractivity contribution >= 4 is 10.9 Å². The predicted molar refractivity (Wildman–Crippen MR) is 116 cm³/mol. The highest BCUT2D eigenvalue weighted by Crippen LogP contribution is 2.25. The van der Waals surface area contributed by atoms with E-state index in [4.69, 9.17) is 4.74 Å². The number of piperidine rings is 1. The monoisotopic (exact) mass is 370 g/mol. The molecule has 150 valence electrons. The highest BCUT2D eigenvalue weighted by Gasteiger charge is 2.11. The highest BCUT2D eigenvalue weighted by atomic mass is 16.5. The third kappa shape index (κ3) is 6.00. The van der Waals surface area contributed by atoms with Gasteiger partial charge in [-0.15, -0.1) is 0 Å². The maximum atomic E-state index is 6.04. The Morgan fingerprint density at radius 1 is 1.00 bits per heavy atom. The van der Waals surface area contributed by atoms with Crippen LogP contribution in [0.2, 0.25) is 0 Å². The van der Waals surface area contributed by atoms with Gasteiger partial charge in [0, 0.05) is 30.2 Å². The Bertz CT molecular complexity index is 666. The number of hydrogen-bond acceptors (Lipinski definition) is 2. The van der Waals surface area contributed by atoms with Crippen molar-refractivity contribution in [1.82, 2.24) is 9.47 Å². The first-order valence-corrected chi connectivity index (χ1v) is 11.2. The third-order valence-electron chi connectivity index (χ3n) is 5.93. The maximum absolute atomic E-state index is 6.04. The molecular formula is C24H38N2O. The fraction of sp³-hybridized carbons (Fsp3) is 0.667. The van der Waals surface area contributed by atoms with Gasteiger partial charge in [0.25, 0.3) is 0 Å². The molecule has 2 heterocycles. The summed E-state index contributed by atoms with van der Waals surface area (Å²) >= 11 is 0. The number of benzene rings is 1. The third-order valence-corrected chi connectivity index (χ3v) is 5.93. The SMILES string of the molecule is CCCC(CCC)Cn1ccc2cc(OCCCN3CCCCC3)ccc21. The molecule has 1 aliphatic heterocycles. The Balaban J connectivity index is 1.51. The van der Waals surface area contributed by atoms with Gasteiger partial charge in [0.2, 0.25) is 0 Å². The van der Waals surface area contributed by atoms with Gasteiger partial charge in [0.05, 0.1) is 6.61 Å². The molecule has 0 aliphatic carbocycles. The average Bonchev–Trinajstić information content (AvgIpc) is 3.08. The molecule has 1 fully saturated rings. The van der Waals surface area contributed by atoms with Crippen molar-refractivity contribution in [3.8, 4) is 5.75 Å². The van der Waals surface area contributed by atoms with Gasteiger partial charge in [0.15, 0.2) is 0 Å². The normalized spacial score (nSPS) is 15.7. The first-order chi connectivity index (χ1) is 13.3. The summed E-state index contributed by atoms with van der Waals surface area (Å²) in [5, 5.41) is 1.30. The quantitative estimate of drug-likeness (QED) is 0.444. The molecule has 0 N–H and O–H groups in total. The van der Waals surface area contributed by atoms with Crippen LogP contribution in [0, 0.1) is 5.92 Å². The molecule has 0 unspecified atom stereocenters. The molecule has 1 aromatic carbocycles. The van der Waals surface area contributed by atoms with Gasteiger partial charge >= 0.3 is 0 Å². The maximum Gasteiger partial charge on any atom is 0.120 e. The summed E-state index contributed by atoms with van der Waals surface area (Å²) < 4.78 is 8.47. The van der Waals surface area contributed by atoms with Gasteiger partial charge < -0.3 is 14.2 Å².